The van der Waals surface area contributed by atoms with Crippen LogP contribution in [0.15, 0.2) is 143 Å². The van der Waals surface area contributed by atoms with E-state index in [0.717, 1.165) is 94.4 Å². The molecule has 0 bridgehead atoms. The van der Waals surface area contributed by atoms with Crippen LogP contribution < -0.4 is 9.47 Å². The molecule has 0 aliphatic rings. The normalized spacial score (nSPS) is 11.7. The Morgan fingerprint density at radius 3 is 1.22 bits per heavy atom. The van der Waals surface area contributed by atoms with Crippen LogP contribution in [0.2, 0.25) is 0 Å². The molecule has 0 aromatic heterocycles. The minimum absolute atomic E-state index is 0.359. The Kier molecular flexibility index (Phi) is 16.8. The quantitative estimate of drug-likeness (QED) is 0.0278. The maximum absolute atomic E-state index is 11.1. The maximum atomic E-state index is 11.1. The van der Waals surface area contributed by atoms with E-state index in [9.17, 15) is 9.59 Å². The fraction of sp³-hybridized carbons (Fsp3) is 0.227. The van der Waals surface area contributed by atoms with Gasteiger partial charge in [0.15, 0.2) is 0 Å². The summed E-state index contributed by atoms with van der Waals surface area (Å²) in [7, 11) is 0. The molecule has 0 radical (unpaired) electrons. The van der Waals surface area contributed by atoms with Crippen molar-refractivity contribution in [1.82, 2.24) is 0 Å². The number of benzene rings is 4. The highest BCUT2D eigenvalue weighted by Crippen LogP contribution is 2.18. The number of carbonyl (C=O) groups excluding carboxylic acids is 2. The van der Waals surface area contributed by atoms with Crippen LogP contribution in [0, 0.1) is 0 Å². The lowest BCUT2D eigenvalue weighted by Gasteiger charge is -2.06. The molecule has 0 spiro atoms. The predicted molar refractivity (Wildman–Crippen MR) is 216 cm³/mol. The first-order chi connectivity index (χ1) is 26.3. The zero-order valence-electron chi connectivity index (χ0n) is 30.9. The van der Waals surface area contributed by atoms with E-state index in [1.807, 2.05) is 123 Å². The van der Waals surface area contributed by atoms with Crippen LogP contribution in [0.5, 0.6) is 11.5 Å². The summed E-state index contributed by atoms with van der Waals surface area (Å²) >= 11 is 0. The maximum Gasteiger partial charge on any atom is 0.330 e. The zero-order chi connectivity index (χ0) is 38.4. The second-order valence-electron chi connectivity index (χ2n) is 12.0. The number of rotatable bonds is 21. The van der Waals surface area contributed by atoms with Crippen molar-refractivity contribution in [1.29, 1.82) is 0 Å². The molecule has 0 unspecified atom stereocenters. The van der Waals surface area contributed by atoms with Gasteiger partial charge in [-0.3, -0.25) is 9.98 Å². The fourth-order valence-electron chi connectivity index (χ4n) is 4.69. The first-order valence-electron chi connectivity index (χ1n) is 17.7. The number of esters is 2. The monoisotopic (exact) mass is 726 g/mol. The van der Waals surface area contributed by atoms with Gasteiger partial charge in [0, 0.05) is 24.6 Å². The highest BCUT2D eigenvalue weighted by atomic mass is 16.5. The van der Waals surface area contributed by atoms with Crippen LogP contribution in [0.1, 0.15) is 61.8 Å². The van der Waals surface area contributed by atoms with E-state index in [4.69, 9.17) is 18.9 Å². The molecule has 0 aliphatic carbocycles. The van der Waals surface area contributed by atoms with Gasteiger partial charge in [0.1, 0.15) is 11.5 Å². The molecule has 0 N–H and O–H groups in total. The average molecular weight is 727 g/mol. The standard InChI is InChI=1S/C44H46N4O6/c1-5-43(49)53-29-9-7-27-51-41-23-11-35(12-24-41)31-45-39-19-15-37(16-20-39)33(3)47-48-34(4)38-17-21-40(22-18-38)46-32-36-13-25-42(26-14-36)52-28-8-10-30-54-44(50)6-2/h5-6,11-26,31-32H,1-2,7-10,27-30H2,3-4H3/b45-31?,46-32?,47-33+,48-34+. The molecule has 0 fully saturated rings. The number of hydrogen-bond donors (Lipinski definition) is 0. The second kappa shape index (κ2) is 22.5. The molecule has 0 atom stereocenters. The number of aliphatic imine (C=N–C) groups is 2. The molecular formula is C44H46N4O6. The third kappa shape index (κ3) is 14.7. The van der Waals surface area contributed by atoms with E-state index in [1.165, 1.54) is 0 Å². The fourth-order valence-corrected chi connectivity index (χ4v) is 4.69. The van der Waals surface area contributed by atoms with E-state index < -0.39 is 11.9 Å². The van der Waals surface area contributed by atoms with Gasteiger partial charge in [-0.15, -0.1) is 0 Å². The number of nitrogens with zero attached hydrogens (tertiary/aromatic N) is 4. The van der Waals surface area contributed by atoms with E-state index in [1.54, 1.807) is 0 Å². The summed E-state index contributed by atoms with van der Waals surface area (Å²) in [5.41, 5.74) is 7.07. The highest BCUT2D eigenvalue weighted by molar-refractivity contribution is 6.02. The number of ether oxygens (including phenoxy) is 4. The number of unbranched alkanes of at least 4 members (excludes halogenated alkanes) is 2. The number of carbonyl (C=O) groups is 2. The van der Waals surface area contributed by atoms with E-state index in [-0.39, 0.29) is 0 Å². The Bertz CT molecular complexity index is 1790. The van der Waals surface area contributed by atoms with Crippen molar-refractivity contribution < 1.29 is 28.5 Å². The summed E-state index contributed by atoms with van der Waals surface area (Å²) in [6.07, 6.45) is 8.96. The molecule has 54 heavy (non-hydrogen) atoms. The Balaban J connectivity index is 1.20. The third-order valence-electron chi connectivity index (χ3n) is 7.84. The van der Waals surface area contributed by atoms with Crippen molar-refractivity contribution in [2.45, 2.75) is 39.5 Å². The zero-order valence-corrected chi connectivity index (χ0v) is 30.9. The Morgan fingerprint density at radius 1 is 0.519 bits per heavy atom. The van der Waals surface area contributed by atoms with Gasteiger partial charge in [-0.2, -0.15) is 10.2 Å². The lowest BCUT2D eigenvalue weighted by molar-refractivity contribution is -0.138. The van der Waals surface area contributed by atoms with Gasteiger partial charge in [0.05, 0.1) is 49.2 Å². The van der Waals surface area contributed by atoms with Crippen molar-refractivity contribution in [3.05, 3.63) is 145 Å². The summed E-state index contributed by atoms with van der Waals surface area (Å²) < 4.78 is 21.4. The van der Waals surface area contributed by atoms with Crippen LogP contribution in [0.3, 0.4) is 0 Å². The molecule has 4 aromatic carbocycles. The summed E-state index contributed by atoms with van der Waals surface area (Å²) in [5, 5.41) is 8.93. The molecule has 0 saturated heterocycles. The van der Waals surface area contributed by atoms with Gasteiger partial charge in [-0.25, -0.2) is 9.59 Å². The van der Waals surface area contributed by atoms with Gasteiger partial charge in [0.2, 0.25) is 0 Å². The van der Waals surface area contributed by atoms with E-state index in [0.29, 0.717) is 26.4 Å². The van der Waals surface area contributed by atoms with Crippen LogP contribution in [-0.4, -0.2) is 62.2 Å². The van der Waals surface area contributed by atoms with Crippen LogP contribution >= 0.6 is 0 Å². The Morgan fingerprint density at radius 2 is 0.870 bits per heavy atom. The second-order valence-corrected chi connectivity index (χ2v) is 12.0. The van der Waals surface area contributed by atoms with Crippen molar-refractivity contribution in [2.24, 2.45) is 20.2 Å². The summed E-state index contributed by atoms with van der Waals surface area (Å²) in [6.45, 7) is 12.4. The lowest BCUT2D eigenvalue weighted by Crippen LogP contribution is -2.04. The minimum Gasteiger partial charge on any atom is -0.494 e. The molecule has 4 aromatic rings. The lowest BCUT2D eigenvalue weighted by atomic mass is 10.1. The summed E-state index contributed by atoms with van der Waals surface area (Å²) in [5.74, 6) is 0.736. The number of hydrogen-bond acceptors (Lipinski definition) is 10. The van der Waals surface area contributed by atoms with Crippen LogP contribution in [0.25, 0.3) is 0 Å². The molecule has 0 aliphatic heterocycles. The van der Waals surface area contributed by atoms with E-state index >= 15 is 0 Å². The molecule has 0 heterocycles. The molecule has 0 saturated carbocycles. The molecular weight excluding hydrogens is 681 g/mol. The average Bonchev–Trinajstić information content (AvgIpc) is 3.21. The van der Waals surface area contributed by atoms with Crippen molar-refractivity contribution in [3.63, 3.8) is 0 Å². The Hall–Kier alpha value is -6.42. The van der Waals surface area contributed by atoms with Crippen molar-refractivity contribution in [2.75, 3.05) is 26.4 Å². The SMILES string of the molecule is C=CC(=O)OCCCCOc1ccc(C=Nc2ccc(/C(C)=N/N=C(\C)c3ccc(N=Cc4ccc(OCCCCOC(=O)C=C)cc4)cc3)cc2)cc1. The van der Waals surface area contributed by atoms with Gasteiger partial charge < -0.3 is 18.9 Å². The topological polar surface area (TPSA) is 120 Å². The Labute approximate surface area is 317 Å². The molecule has 10 nitrogen and oxygen atoms in total. The van der Waals surface area contributed by atoms with Gasteiger partial charge in [-0.1, -0.05) is 37.4 Å². The molecule has 4 rings (SSSR count). The van der Waals surface area contributed by atoms with Crippen molar-refractivity contribution >= 4 is 47.2 Å². The highest BCUT2D eigenvalue weighted by Gasteiger charge is 2.02. The van der Waals surface area contributed by atoms with Gasteiger partial charge in [0.25, 0.3) is 0 Å². The van der Waals surface area contributed by atoms with E-state index in [2.05, 4.69) is 33.3 Å². The third-order valence-corrected chi connectivity index (χ3v) is 7.84. The summed E-state index contributed by atoms with van der Waals surface area (Å²) in [6, 6.07) is 31.2. The van der Waals surface area contributed by atoms with Crippen LogP contribution in [-0.2, 0) is 19.1 Å². The largest absolute Gasteiger partial charge is 0.494 e. The molecule has 278 valence electrons. The molecule has 0 amide bonds. The van der Waals surface area contributed by atoms with Crippen LogP contribution in [0.4, 0.5) is 11.4 Å². The van der Waals surface area contributed by atoms with Gasteiger partial charge in [-0.05, 0) is 135 Å². The smallest absolute Gasteiger partial charge is 0.330 e. The first kappa shape index (κ1) is 40.4. The predicted octanol–water partition coefficient (Wildman–Crippen LogP) is 9.20. The summed E-state index contributed by atoms with van der Waals surface area (Å²) in [4.78, 5) is 31.3. The first-order valence-corrected chi connectivity index (χ1v) is 17.7. The van der Waals surface area contributed by atoms with Gasteiger partial charge >= 0.3 is 11.9 Å². The molecule has 10 heteroatoms. The van der Waals surface area contributed by atoms with Crippen molar-refractivity contribution in [3.8, 4) is 11.5 Å². The minimum atomic E-state index is -0.406.